The van der Waals surface area contributed by atoms with E-state index >= 15 is 0 Å². The molecule has 0 saturated heterocycles. The van der Waals surface area contributed by atoms with E-state index in [0.717, 1.165) is 0 Å². The number of ether oxygens (including phenoxy) is 3. The summed E-state index contributed by atoms with van der Waals surface area (Å²) in [6.07, 6.45) is -0.879. The molecule has 1 N–H and O–H groups in total. The van der Waals surface area contributed by atoms with Crippen LogP contribution in [0, 0.1) is 0 Å². The fourth-order valence-corrected chi connectivity index (χ4v) is 2.70. The van der Waals surface area contributed by atoms with E-state index in [0.29, 0.717) is 22.6 Å². The van der Waals surface area contributed by atoms with E-state index in [-0.39, 0.29) is 6.61 Å². The van der Waals surface area contributed by atoms with Gasteiger partial charge in [-0.2, -0.15) is 0 Å². The molecule has 0 radical (unpaired) electrons. The number of imide groups is 1. The Balaban J connectivity index is 1.75. The quantitative estimate of drug-likeness (QED) is 0.848. The van der Waals surface area contributed by atoms with Crippen LogP contribution in [0.15, 0.2) is 48.5 Å². The number of rotatable bonds is 4. The van der Waals surface area contributed by atoms with Crippen molar-refractivity contribution in [3.05, 3.63) is 59.7 Å². The number of alkyl carbamates (subject to hydrolysis) is 1. The summed E-state index contributed by atoms with van der Waals surface area (Å²) < 4.78 is 15.5. The molecule has 3 rings (SSSR count). The fraction of sp³-hybridized carbons (Fsp3) is 0.211. The average molecular weight is 355 g/mol. The van der Waals surface area contributed by atoms with Crippen LogP contribution in [0.3, 0.4) is 0 Å². The summed E-state index contributed by atoms with van der Waals surface area (Å²) >= 11 is 0. The zero-order valence-electron chi connectivity index (χ0n) is 14.1. The molecule has 0 aliphatic carbocycles. The maximum Gasteiger partial charge on any atom is 0.413 e. The first-order valence-electron chi connectivity index (χ1n) is 8.09. The molecule has 0 unspecified atom stereocenters. The van der Waals surface area contributed by atoms with Crippen molar-refractivity contribution in [3.8, 4) is 11.5 Å². The largest absolute Gasteiger partial charge is 0.457 e. The molecule has 1 heterocycles. The number of carbonyl (C=O) groups is 3. The van der Waals surface area contributed by atoms with Crippen molar-refractivity contribution in [3.63, 3.8) is 0 Å². The van der Waals surface area contributed by atoms with Gasteiger partial charge in [-0.1, -0.05) is 36.4 Å². The smallest absolute Gasteiger partial charge is 0.413 e. The van der Waals surface area contributed by atoms with Gasteiger partial charge in [0, 0.05) is 11.1 Å². The summed E-state index contributed by atoms with van der Waals surface area (Å²) in [5.41, 5.74) is 1.31. The number of hydrogen-bond donors (Lipinski definition) is 1. The van der Waals surface area contributed by atoms with Crippen molar-refractivity contribution in [2.24, 2.45) is 0 Å². The van der Waals surface area contributed by atoms with Crippen LogP contribution >= 0.6 is 0 Å². The minimum absolute atomic E-state index is 0.133. The molecule has 0 saturated carbocycles. The number of amides is 2. The lowest BCUT2D eigenvalue weighted by molar-refractivity contribution is -0.149. The zero-order chi connectivity index (χ0) is 18.5. The normalized spacial score (nSPS) is 12.2. The van der Waals surface area contributed by atoms with Gasteiger partial charge in [-0.3, -0.25) is 14.9 Å². The topological polar surface area (TPSA) is 90.9 Å². The maximum absolute atomic E-state index is 12.7. The molecular formula is C19H17NO6. The van der Waals surface area contributed by atoms with Gasteiger partial charge in [-0.05, 0) is 19.1 Å². The molecule has 7 nitrogen and oxygen atoms in total. The Morgan fingerprint density at radius 1 is 0.962 bits per heavy atom. The van der Waals surface area contributed by atoms with E-state index in [1.165, 1.54) is 0 Å². The predicted molar refractivity (Wildman–Crippen MR) is 90.9 cm³/mol. The van der Waals surface area contributed by atoms with Crippen LogP contribution in [-0.2, 0) is 19.1 Å². The average Bonchev–Trinajstić information content (AvgIpc) is 2.64. The standard InChI is InChI=1S/C19H17NO6/c1-2-24-19(23)20-16(21)11-25-18(22)17-12-7-3-5-9-14(12)26-15-10-6-4-8-13(15)17/h3-10,17H,2,11H2,1H3,(H,20,21,23). The van der Waals surface area contributed by atoms with Crippen LogP contribution in [0.1, 0.15) is 24.0 Å². The summed E-state index contributed by atoms with van der Waals surface area (Å²) in [6.45, 7) is 1.16. The number of fused-ring (bicyclic) bond motifs is 2. The first-order valence-corrected chi connectivity index (χ1v) is 8.09. The molecule has 0 fully saturated rings. The van der Waals surface area contributed by atoms with Crippen LogP contribution in [0.25, 0.3) is 0 Å². The van der Waals surface area contributed by atoms with Gasteiger partial charge < -0.3 is 14.2 Å². The molecule has 0 spiro atoms. The van der Waals surface area contributed by atoms with E-state index in [1.54, 1.807) is 43.3 Å². The molecule has 0 aromatic heterocycles. The van der Waals surface area contributed by atoms with Gasteiger partial charge >= 0.3 is 12.1 Å². The lowest BCUT2D eigenvalue weighted by atomic mass is 9.88. The molecule has 2 aromatic carbocycles. The van der Waals surface area contributed by atoms with Crippen molar-refractivity contribution in [2.75, 3.05) is 13.2 Å². The molecule has 2 aromatic rings. The highest BCUT2D eigenvalue weighted by Crippen LogP contribution is 2.44. The van der Waals surface area contributed by atoms with E-state index < -0.39 is 30.5 Å². The van der Waals surface area contributed by atoms with Gasteiger partial charge in [0.25, 0.3) is 5.91 Å². The highest BCUT2D eigenvalue weighted by molar-refractivity contribution is 5.94. The molecule has 134 valence electrons. The van der Waals surface area contributed by atoms with E-state index in [1.807, 2.05) is 17.4 Å². The van der Waals surface area contributed by atoms with Crippen LogP contribution in [0.2, 0.25) is 0 Å². The monoisotopic (exact) mass is 355 g/mol. The molecule has 26 heavy (non-hydrogen) atoms. The Morgan fingerprint density at radius 3 is 2.12 bits per heavy atom. The number of carbonyl (C=O) groups excluding carboxylic acids is 3. The predicted octanol–water partition coefficient (Wildman–Crippen LogP) is 2.74. The minimum Gasteiger partial charge on any atom is -0.457 e. The second kappa shape index (κ2) is 7.69. The van der Waals surface area contributed by atoms with Gasteiger partial charge in [-0.25, -0.2) is 4.79 Å². The van der Waals surface area contributed by atoms with Crippen molar-refractivity contribution in [2.45, 2.75) is 12.8 Å². The van der Waals surface area contributed by atoms with Crippen molar-refractivity contribution in [1.82, 2.24) is 5.32 Å². The molecule has 1 aliphatic heterocycles. The highest BCUT2D eigenvalue weighted by Gasteiger charge is 2.33. The number of para-hydroxylation sites is 2. The van der Waals surface area contributed by atoms with Crippen LogP contribution in [0.5, 0.6) is 11.5 Å². The fourth-order valence-electron chi connectivity index (χ4n) is 2.70. The Bertz CT molecular complexity index is 802. The number of esters is 1. The first-order chi connectivity index (χ1) is 12.6. The van der Waals surface area contributed by atoms with Crippen molar-refractivity contribution >= 4 is 18.0 Å². The third kappa shape index (κ3) is 3.66. The summed E-state index contributed by atoms with van der Waals surface area (Å²) in [5, 5.41) is 1.98. The molecule has 0 atom stereocenters. The lowest BCUT2D eigenvalue weighted by Crippen LogP contribution is -2.35. The van der Waals surface area contributed by atoms with Gasteiger partial charge in [0.15, 0.2) is 6.61 Å². The third-order valence-electron chi connectivity index (χ3n) is 3.78. The number of nitrogens with one attached hydrogen (secondary N) is 1. The Labute approximate surface area is 149 Å². The van der Waals surface area contributed by atoms with Crippen LogP contribution < -0.4 is 10.1 Å². The molecular weight excluding hydrogens is 338 g/mol. The second-order valence-corrected chi connectivity index (χ2v) is 5.49. The Hall–Kier alpha value is -3.35. The second-order valence-electron chi connectivity index (χ2n) is 5.49. The molecule has 2 amide bonds. The Kier molecular flexibility index (Phi) is 5.17. The zero-order valence-corrected chi connectivity index (χ0v) is 14.1. The van der Waals surface area contributed by atoms with Gasteiger partial charge in [-0.15, -0.1) is 0 Å². The maximum atomic E-state index is 12.7. The van der Waals surface area contributed by atoms with Crippen molar-refractivity contribution in [1.29, 1.82) is 0 Å². The van der Waals surface area contributed by atoms with Crippen LogP contribution in [-0.4, -0.2) is 31.2 Å². The third-order valence-corrected chi connectivity index (χ3v) is 3.78. The summed E-state index contributed by atoms with van der Waals surface area (Å²) in [6, 6.07) is 14.3. The van der Waals surface area contributed by atoms with E-state index in [4.69, 9.17) is 9.47 Å². The van der Waals surface area contributed by atoms with Gasteiger partial charge in [0.2, 0.25) is 0 Å². The molecule has 1 aliphatic rings. The Morgan fingerprint density at radius 2 is 1.54 bits per heavy atom. The summed E-state index contributed by atoms with van der Waals surface area (Å²) in [7, 11) is 0. The molecule has 0 bridgehead atoms. The van der Waals surface area contributed by atoms with Gasteiger partial charge in [0.05, 0.1) is 6.61 Å². The highest BCUT2D eigenvalue weighted by atomic mass is 16.6. The van der Waals surface area contributed by atoms with Crippen LogP contribution in [0.4, 0.5) is 4.79 Å². The van der Waals surface area contributed by atoms with Crippen molar-refractivity contribution < 1.29 is 28.6 Å². The van der Waals surface area contributed by atoms with Gasteiger partial charge in [0.1, 0.15) is 17.4 Å². The molecule has 7 heteroatoms. The number of benzene rings is 2. The van der Waals surface area contributed by atoms with E-state index in [9.17, 15) is 14.4 Å². The SMILES string of the molecule is CCOC(=O)NC(=O)COC(=O)C1c2ccccc2Oc2ccccc21. The summed E-state index contributed by atoms with van der Waals surface area (Å²) in [4.78, 5) is 35.6. The lowest BCUT2D eigenvalue weighted by Gasteiger charge is -2.26. The summed E-state index contributed by atoms with van der Waals surface area (Å²) in [5.74, 6) is -0.961. The first kappa shape index (κ1) is 17.5. The van der Waals surface area contributed by atoms with E-state index in [2.05, 4.69) is 4.74 Å². The number of hydrogen-bond acceptors (Lipinski definition) is 6. The minimum atomic E-state index is -0.879.